The highest BCUT2D eigenvalue weighted by Gasteiger charge is 2.32. The van der Waals surface area contributed by atoms with Crippen LogP contribution in [0.15, 0.2) is 54.6 Å². The Bertz CT molecular complexity index is 1660. The highest BCUT2D eigenvalue weighted by atomic mass is 19.4. The Morgan fingerprint density at radius 1 is 0.976 bits per heavy atom. The van der Waals surface area contributed by atoms with Crippen molar-refractivity contribution in [2.24, 2.45) is 7.05 Å². The van der Waals surface area contributed by atoms with Crippen molar-refractivity contribution in [2.75, 3.05) is 0 Å². The van der Waals surface area contributed by atoms with Crippen LogP contribution in [0, 0.1) is 19.7 Å². The monoisotopic (exact) mass is 572 g/mol. The zero-order valence-electron chi connectivity index (χ0n) is 22.9. The normalized spacial score (nSPS) is 11.9. The summed E-state index contributed by atoms with van der Waals surface area (Å²) in [5, 5.41) is 12.3. The minimum atomic E-state index is -4.51. The first-order chi connectivity index (χ1) is 19.1. The van der Waals surface area contributed by atoms with E-state index in [0.29, 0.717) is 39.1 Å². The Morgan fingerprint density at radius 3 is 2.32 bits per heavy atom. The topological polar surface area (TPSA) is 89.8 Å². The molecule has 4 rings (SSSR count). The first kappa shape index (κ1) is 29.4. The van der Waals surface area contributed by atoms with Gasteiger partial charge >= 0.3 is 12.1 Å². The van der Waals surface area contributed by atoms with E-state index in [1.54, 1.807) is 45.2 Å². The summed E-state index contributed by atoms with van der Waals surface area (Å²) in [6.07, 6.45) is -4.51. The van der Waals surface area contributed by atoms with E-state index in [0.717, 1.165) is 12.1 Å². The lowest BCUT2D eigenvalue weighted by atomic mass is 10.1. The number of aromatic nitrogens is 1. The van der Waals surface area contributed by atoms with E-state index in [2.05, 4.69) is 5.32 Å². The average Bonchev–Trinajstić information content (AvgIpc) is 3.12. The lowest BCUT2D eigenvalue weighted by Crippen LogP contribution is -2.38. The van der Waals surface area contributed by atoms with Crippen molar-refractivity contribution in [3.05, 3.63) is 88.4 Å². The summed E-state index contributed by atoms with van der Waals surface area (Å²) < 4.78 is 66.9. The number of fused-ring (bicyclic) bond motifs is 1. The van der Waals surface area contributed by atoms with Gasteiger partial charge in [0.1, 0.15) is 28.8 Å². The molecule has 0 aliphatic carbocycles. The van der Waals surface area contributed by atoms with Crippen molar-refractivity contribution in [2.45, 2.75) is 46.0 Å². The van der Waals surface area contributed by atoms with E-state index >= 15 is 0 Å². The molecule has 216 valence electrons. The molecule has 0 aliphatic heterocycles. The fraction of sp³-hybridized carbons (Fsp3) is 0.267. The van der Waals surface area contributed by atoms with Crippen LogP contribution in [0.3, 0.4) is 0 Å². The van der Waals surface area contributed by atoms with Crippen molar-refractivity contribution in [3.63, 3.8) is 0 Å². The van der Waals surface area contributed by atoms with Crippen molar-refractivity contribution in [3.8, 4) is 17.2 Å². The van der Waals surface area contributed by atoms with Crippen LogP contribution < -0.4 is 14.8 Å². The van der Waals surface area contributed by atoms with Crippen molar-refractivity contribution in [1.82, 2.24) is 9.88 Å². The molecule has 0 unspecified atom stereocenters. The van der Waals surface area contributed by atoms with Gasteiger partial charge in [-0.05, 0) is 92.9 Å². The number of hydrogen-bond donors (Lipinski definition) is 2. The van der Waals surface area contributed by atoms with Crippen LogP contribution in [0.1, 0.15) is 46.6 Å². The number of carboxylic acids is 1. The number of rotatable bonds is 8. The van der Waals surface area contributed by atoms with Crippen LogP contribution >= 0.6 is 0 Å². The van der Waals surface area contributed by atoms with Gasteiger partial charge in [0.15, 0.2) is 5.60 Å². The molecule has 0 atom stereocenters. The van der Waals surface area contributed by atoms with Crippen molar-refractivity contribution >= 4 is 22.8 Å². The fourth-order valence-electron chi connectivity index (χ4n) is 4.43. The maximum absolute atomic E-state index is 14.4. The van der Waals surface area contributed by atoms with E-state index < -0.39 is 35.0 Å². The Hall–Kier alpha value is -4.54. The third-order valence-corrected chi connectivity index (χ3v) is 6.64. The molecule has 1 aromatic heterocycles. The van der Waals surface area contributed by atoms with Crippen molar-refractivity contribution < 1.29 is 41.7 Å². The zero-order valence-corrected chi connectivity index (χ0v) is 22.9. The molecule has 0 saturated heterocycles. The number of aliphatic carboxylic acids is 1. The van der Waals surface area contributed by atoms with Gasteiger partial charge in [0, 0.05) is 30.6 Å². The van der Waals surface area contributed by atoms with Gasteiger partial charge in [-0.1, -0.05) is 0 Å². The third kappa shape index (κ3) is 6.29. The maximum atomic E-state index is 14.4. The predicted molar refractivity (Wildman–Crippen MR) is 144 cm³/mol. The van der Waals surface area contributed by atoms with Gasteiger partial charge < -0.3 is 24.5 Å². The predicted octanol–water partition coefficient (Wildman–Crippen LogP) is 6.92. The summed E-state index contributed by atoms with van der Waals surface area (Å²) in [5.41, 5.74) is -0.191. The molecule has 1 amide bonds. The first-order valence-corrected chi connectivity index (χ1v) is 12.5. The number of alkyl halides is 3. The van der Waals surface area contributed by atoms with Crippen LogP contribution in [0.5, 0.6) is 17.2 Å². The van der Waals surface area contributed by atoms with Gasteiger partial charge in [0.2, 0.25) is 0 Å². The van der Waals surface area contributed by atoms with Crippen LogP contribution in [0.2, 0.25) is 0 Å². The number of carboxylic acid groups (broad SMARTS) is 1. The Kier molecular flexibility index (Phi) is 7.75. The molecule has 1 heterocycles. The maximum Gasteiger partial charge on any atom is 0.416 e. The second-order valence-electron chi connectivity index (χ2n) is 10.2. The second kappa shape index (κ2) is 10.8. The second-order valence-corrected chi connectivity index (χ2v) is 10.2. The molecule has 4 aromatic rings. The molecule has 0 radical (unpaired) electrons. The lowest BCUT2D eigenvalue weighted by molar-refractivity contribution is -0.152. The number of nitrogens with zero attached hydrogens (tertiary/aromatic N) is 1. The molecule has 2 N–H and O–H groups in total. The highest BCUT2D eigenvalue weighted by molar-refractivity contribution is 6.01. The number of aryl methyl sites for hydroxylation is 3. The van der Waals surface area contributed by atoms with E-state index in [-0.39, 0.29) is 18.0 Å². The van der Waals surface area contributed by atoms with Gasteiger partial charge in [0.05, 0.1) is 5.56 Å². The molecular formula is C30H28F4N2O5. The Morgan fingerprint density at radius 2 is 1.68 bits per heavy atom. The zero-order chi connectivity index (χ0) is 30.3. The summed E-state index contributed by atoms with van der Waals surface area (Å²) in [4.78, 5) is 24.4. The number of ether oxygens (including phenoxy) is 2. The quantitative estimate of drug-likeness (QED) is 0.224. The SMILES string of the molecule is Cc1cc(Oc2cc(F)cc(CNC(=O)c3c(C)c4cc(C(F)(F)F)ccc4n3C)c2)ccc1OC(C)(C)C(=O)O. The van der Waals surface area contributed by atoms with Gasteiger partial charge in [-0.15, -0.1) is 0 Å². The van der Waals surface area contributed by atoms with Crippen LogP contribution in [0.25, 0.3) is 10.9 Å². The summed E-state index contributed by atoms with van der Waals surface area (Å²) in [6.45, 7) is 6.07. The highest BCUT2D eigenvalue weighted by Crippen LogP contribution is 2.34. The smallest absolute Gasteiger partial charge is 0.416 e. The number of nitrogens with one attached hydrogen (secondary N) is 1. The van der Waals surface area contributed by atoms with Crippen LogP contribution in [0.4, 0.5) is 17.6 Å². The number of carbonyl (C=O) groups is 2. The van der Waals surface area contributed by atoms with E-state index in [9.17, 15) is 32.3 Å². The number of carbonyl (C=O) groups excluding carboxylic acids is 1. The van der Waals surface area contributed by atoms with Gasteiger partial charge in [-0.3, -0.25) is 4.79 Å². The Labute approximate surface area is 233 Å². The molecule has 41 heavy (non-hydrogen) atoms. The molecule has 11 heteroatoms. The number of amides is 1. The molecule has 7 nitrogen and oxygen atoms in total. The number of benzene rings is 3. The Balaban J connectivity index is 1.50. The average molecular weight is 573 g/mol. The molecule has 0 fully saturated rings. The largest absolute Gasteiger partial charge is 0.478 e. The van der Waals surface area contributed by atoms with Crippen LogP contribution in [-0.4, -0.2) is 27.2 Å². The van der Waals surface area contributed by atoms with E-state index in [4.69, 9.17) is 9.47 Å². The molecule has 0 bridgehead atoms. The minimum Gasteiger partial charge on any atom is -0.478 e. The van der Waals surface area contributed by atoms with Crippen LogP contribution in [-0.2, 0) is 24.6 Å². The summed E-state index contributed by atoms with van der Waals surface area (Å²) >= 11 is 0. The molecular weight excluding hydrogens is 544 g/mol. The van der Waals surface area contributed by atoms with E-state index in [1.165, 1.54) is 36.6 Å². The number of halogens is 4. The lowest BCUT2D eigenvalue weighted by Gasteiger charge is -2.23. The summed E-state index contributed by atoms with van der Waals surface area (Å²) in [5.74, 6) is -1.39. The van der Waals surface area contributed by atoms with E-state index in [1.807, 2.05) is 0 Å². The molecule has 0 aliphatic rings. The molecule has 3 aromatic carbocycles. The molecule has 0 spiro atoms. The molecule has 0 saturated carbocycles. The van der Waals surface area contributed by atoms with Gasteiger partial charge in [-0.25, -0.2) is 9.18 Å². The van der Waals surface area contributed by atoms with Gasteiger partial charge in [-0.2, -0.15) is 13.2 Å². The standard InChI is InChI=1S/C30H28F4N2O5/c1-16-10-21(7-9-25(16)41-29(3,4)28(38)39)40-22-12-18(11-20(31)14-22)15-35-27(37)26-17(2)23-13-19(30(32,33)34)6-8-24(23)36(26)5/h6-14H,15H2,1-5H3,(H,35,37)(H,38,39). The van der Waals surface area contributed by atoms with Crippen molar-refractivity contribution in [1.29, 1.82) is 0 Å². The minimum absolute atomic E-state index is 0.0716. The summed E-state index contributed by atoms with van der Waals surface area (Å²) in [7, 11) is 1.59. The van der Waals surface area contributed by atoms with Gasteiger partial charge in [0.25, 0.3) is 5.91 Å². The third-order valence-electron chi connectivity index (χ3n) is 6.64. The fourth-order valence-corrected chi connectivity index (χ4v) is 4.43. The number of hydrogen-bond acceptors (Lipinski definition) is 4. The summed E-state index contributed by atoms with van der Waals surface area (Å²) in [6, 6.07) is 12.0. The first-order valence-electron chi connectivity index (χ1n) is 12.5.